The Morgan fingerprint density at radius 1 is 1.42 bits per heavy atom. The number of carbonyl (C=O) groups is 2. The van der Waals surface area contributed by atoms with Crippen LogP contribution in [0.15, 0.2) is 30.3 Å². The zero-order chi connectivity index (χ0) is 18.5. The fraction of sp³-hybridized carbons (Fsp3) is 0.278. The van der Waals surface area contributed by atoms with E-state index in [2.05, 4.69) is 10.3 Å². The molecule has 0 aliphatic carbocycles. The summed E-state index contributed by atoms with van der Waals surface area (Å²) in [5.41, 5.74) is 1.69. The molecule has 0 unspecified atom stereocenters. The lowest BCUT2D eigenvalue weighted by Gasteiger charge is -2.24. The Hall–Kier alpha value is -2.38. The molecule has 8 heteroatoms. The number of hydrogen-bond acceptors (Lipinski definition) is 5. The maximum atomic E-state index is 12.1. The minimum Gasteiger partial charge on any atom is -0.450 e. The van der Waals surface area contributed by atoms with Gasteiger partial charge in [-0.15, -0.1) is 0 Å². The van der Waals surface area contributed by atoms with E-state index in [-0.39, 0.29) is 12.0 Å². The van der Waals surface area contributed by atoms with Crippen molar-refractivity contribution in [3.8, 4) is 0 Å². The summed E-state index contributed by atoms with van der Waals surface area (Å²) >= 11 is 7.44. The van der Waals surface area contributed by atoms with E-state index in [9.17, 15) is 9.59 Å². The second-order valence-corrected chi connectivity index (χ2v) is 7.09. The quantitative estimate of drug-likeness (QED) is 0.800. The molecule has 3 rings (SSSR count). The summed E-state index contributed by atoms with van der Waals surface area (Å²) in [6.07, 6.45) is 3.41. The molecule has 0 saturated carbocycles. The summed E-state index contributed by atoms with van der Waals surface area (Å²) in [5.74, 6) is -0.279. The molecule has 1 aromatic carbocycles. The van der Waals surface area contributed by atoms with Crippen LogP contribution in [0.2, 0.25) is 5.02 Å². The van der Waals surface area contributed by atoms with Gasteiger partial charge < -0.3 is 9.64 Å². The van der Waals surface area contributed by atoms with Crippen LogP contribution in [0.4, 0.5) is 9.93 Å². The molecular weight excluding hydrogens is 374 g/mol. The highest BCUT2D eigenvalue weighted by atomic mass is 35.5. The first kappa shape index (κ1) is 18.4. The first-order valence-electron chi connectivity index (χ1n) is 8.20. The van der Waals surface area contributed by atoms with Crippen LogP contribution in [0.1, 0.15) is 23.1 Å². The molecule has 1 aliphatic rings. The summed E-state index contributed by atoms with van der Waals surface area (Å²) in [6.45, 7) is 3.15. The first-order chi connectivity index (χ1) is 12.6. The molecule has 2 aromatic rings. The van der Waals surface area contributed by atoms with E-state index in [0.717, 1.165) is 16.1 Å². The fourth-order valence-corrected chi connectivity index (χ4v) is 3.77. The third kappa shape index (κ3) is 4.42. The van der Waals surface area contributed by atoms with Gasteiger partial charge in [0.2, 0.25) is 5.91 Å². The molecule has 0 saturated heterocycles. The highest BCUT2D eigenvalue weighted by Crippen LogP contribution is 2.28. The van der Waals surface area contributed by atoms with Crippen molar-refractivity contribution in [2.45, 2.75) is 19.9 Å². The van der Waals surface area contributed by atoms with Crippen molar-refractivity contribution in [1.82, 2.24) is 9.88 Å². The van der Waals surface area contributed by atoms with Gasteiger partial charge in [-0.25, -0.2) is 9.78 Å². The highest BCUT2D eigenvalue weighted by molar-refractivity contribution is 7.15. The van der Waals surface area contributed by atoms with Gasteiger partial charge in [-0.05, 0) is 24.6 Å². The van der Waals surface area contributed by atoms with Crippen molar-refractivity contribution in [3.63, 3.8) is 0 Å². The molecular formula is C18H18ClN3O3S. The Morgan fingerprint density at radius 2 is 2.23 bits per heavy atom. The predicted octanol–water partition coefficient (Wildman–Crippen LogP) is 3.96. The number of halogens is 1. The van der Waals surface area contributed by atoms with Crippen LogP contribution in [0.3, 0.4) is 0 Å². The molecule has 26 heavy (non-hydrogen) atoms. The number of ether oxygens (including phenoxy) is 1. The standard InChI is InChI=1S/C18H18ClN3O3S/c1-2-25-18(24)22-10-9-14-15(11-22)26-17(20-14)21-16(23)8-7-12-5-3-4-6-13(12)19/h3-8H,2,9-11H2,1H3,(H,20,21,23)/b8-7+. The Kier molecular flexibility index (Phi) is 5.90. The lowest BCUT2D eigenvalue weighted by Crippen LogP contribution is -2.35. The van der Waals surface area contributed by atoms with Crippen molar-refractivity contribution in [2.75, 3.05) is 18.5 Å². The van der Waals surface area contributed by atoms with Gasteiger partial charge in [0.15, 0.2) is 5.13 Å². The lowest BCUT2D eigenvalue weighted by molar-refractivity contribution is -0.111. The van der Waals surface area contributed by atoms with Crippen molar-refractivity contribution in [2.24, 2.45) is 0 Å². The van der Waals surface area contributed by atoms with Gasteiger partial charge in [0.1, 0.15) is 0 Å². The first-order valence-corrected chi connectivity index (χ1v) is 9.40. The molecule has 136 valence electrons. The van der Waals surface area contributed by atoms with E-state index in [1.165, 1.54) is 17.4 Å². The van der Waals surface area contributed by atoms with Crippen LogP contribution in [-0.4, -0.2) is 35.0 Å². The Morgan fingerprint density at radius 3 is 3.00 bits per heavy atom. The van der Waals surface area contributed by atoms with Crippen molar-refractivity contribution in [1.29, 1.82) is 0 Å². The molecule has 1 N–H and O–H groups in total. The van der Waals surface area contributed by atoms with Crippen molar-refractivity contribution >= 4 is 46.1 Å². The number of aromatic nitrogens is 1. The van der Waals surface area contributed by atoms with Crippen molar-refractivity contribution < 1.29 is 14.3 Å². The zero-order valence-corrected chi connectivity index (χ0v) is 15.8. The van der Waals surface area contributed by atoms with Crippen LogP contribution in [0.25, 0.3) is 6.08 Å². The minimum absolute atomic E-state index is 0.279. The predicted molar refractivity (Wildman–Crippen MR) is 102 cm³/mol. The number of benzene rings is 1. The van der Waals surface area contributed by atoms with E-state index in [0.29, 0.717) is 36.3 Å². The largest absolute Gasteiger partial charge is 0.450 e. The molecule has 0 radical (unpaired) electrons. The van der Waals surface area contributed by atoms with Crippen molar-refractivity contribution in [3.05, 3.63) is 51.5 Å². The molecule has 0 fully saturated rings. The number of thiazole rings is 1. The summed E-state index contributed by atoms with van der Waals surface area (Å²) in [7, 11) is 0. The van der Waals surface area contributed by atoms with Gasteiger partial charge in [0.25, 0.3) is 0 Å². The highest BCUT2D eigenvalue weighted by Gasteiger charge is 2.25. The topological polar surface area (TPSA) is 71.5 Å². The molecule has 1 aliphatic heterocycles. The SMILES string of the molecule is CCOC(=O)N1CCc2nc(NC(=O)/C=C/c3ccccc3Cl)sc2C1. The maximum absolute atomic E-state index is 12.1. The summed E-state index contributed by atoms with van der Waals surface area (Å²) in [5, 5.41) is 3.87. The maximum Gasteiger partial charge on any atom is 0.410 e. The summed E-state index contributed by atoms with van der Waals surface area (Å²) in [4.78, 5) is 31.0. The number of hydrogen-bond donors (Lipinski definition) is 1. The van der Waals surface area contributed by atoms with Crippen LogP contribution >= 0.6 is 22.9 Å². The van der Waals surface area contributed by atoms with Gasteiger partial charge in [-0.2, -0.15) is 0 Å². The minimum atomic E-state index is -0.320. The van der Waals surface area contributed by atoms with E-state index >= 15 is 0 Å². The Labute approximate surface area is 160 Å². The number of anilines is 1. The lowest BCUT2D eigenvalue weighted by atomic mass is 10.2. The van der Waals surface area contributed by atoms with Crippen LogP contribution in [0, 0.1) is 0 Å². The second kappa shape index (κ2) is 8.33. The molecule has 2 amide bonds. The monoisotopic (exact) mass is 391 g/mol. The van der Waals surface area contributed by atoms with E-state index in [1.807, 2.05) is 18.2 Å². The van der Waals surface area contributed by atoms with E-state index < -0.39 is 0 Å². The summed E-state index contributed by atoms with van der Waals surface area (Å²) in [6, 6.07) is 7.29. The number of rotatable bonds is 4. The van der Waals surface area contributed by atoms with Gasteiger partial charge in [0, 0.05) is 28.9 Å². The van der Waals surface area contributed by atoms with Gasteiger partial charge in [0.05, 0.1) is 18.8 Å². The number of fused-ring (bicyclic) bond motifs is 1. The second-order valence-electron chi connectivity index (χ2n) is 5.60. The Balaban J connectivity index is 1.63. The summed E-state index contributed by atoms with van der Waals surface area (Å²) < 4.78 is 5.03. The van der Waals surface area contributed by atoms with E-state index in [4.69, 9.17) is 16.3 Å². The number of nitrogens with zero attached hydrogens (tertiary/aromatic N) is 2. The molecule has 0 atom stereocenters. The third-order valence-electron chi connectivity index (χ3n) is 3.81. The van der Waals surface area contributed by atoms with Crippen LogP contribution < -0.4 is 5.32 Å². The average molecular weight is 392 g/mol. The fourth-order valence-electron chi connectivity index (χ4n) is 2.54. The van der Waals surface area contributed by atoms with E-state index in [1.54, 1.807) is 24.0 Å². The van der Waals surface area contributed by atoms with Gasteiger partial charge in [-0.1, -0.05) is 41.1 Å². The normalized spacial score (nSPS) is 13.5. The molecule has 2 heterocycles. The number of carbonyl (C=O) groups excluding carboxylic acids is 2. The van der Waals surface area contributed by atoms with Crippen LogP contribution in [-0.2, 0) is 22.5 Å². The van der Waals surface area contributed by atoms with Crippen LogP contribution in [0.5, 0.6) is 0 Å². The molecule has 1 aromatic heterocycles. The zero-order valence-electron chi connectivity index (χ0n) is 14.2. The molecule has 0 spiro atoms. The van der Waals surface area contributed by atoms with Gasteiger partial charge in [-0.3, -0.25) is 10.1 Å². The molecule has 6 nitrogen and oxygen atoms in total. The number of nitrogens with one attached hydrogen (secondary N) is 1. The van der Waals surface area contributed by atoms with Gasteiger partial charge >= 0.3 is 6.09 Å². The average Bonchev–Trinajstić information content (AvgIpc) is 3.02. The third-order valence-corrected chi connectivity index (χ3v) is 5.15. The Bertz CT molecular complexity index is 850. The number of amides is 2. The smallest absolute Gasteiger partial charge is 0.410 e. The molecule has 0 bridgehead atoms.